The topological polar surface area (TPSA) is 82.2 Å². The summed E-state index contributed by atoms with van der Waals surface area (Å²) in [5.41, 5.74) is 2.12. The van der Waals surface area contributed by atoms with Gasteiger partial charge in [0.05, 0.1) is 5.52 Å². The molecule has 0 bridgehead atoms. The van der Waals surface area contributed by atoms with E-state index in [2.05, 4.69) is 26.0 Å². The van der Waals surface area contributed by atoms with Crippen LogP contribution >= 0.6 is 27.5 Å². The number of rotatable bonds is 0. The predicted octanol–water partition coefficient (Wildman–Crippen LogP) is 1.25. The molecule has 5 nitrogen and oxygen atoms in total. The molecule has 2 aromatic rings. The average molecular weight is 303 g/mol. The molecule has 7 heteroatoms. The van der Waals surface area contributed by atoms with Crippen molar-refractivity contribution in [1.29, 1.82) is 0 Å². The van der Waals surface area contributed by atoms with Crippen LogP contribution in [0.4, 0.5) is 0 Å². The lowest BCUT2D eigenvalue weighted by molar-refractivity contribution is 0.863. The van der Waals surface area contributed by atoms with E-state index < -0.39 is 0 Å². The van der Waals surface area contributed by atoms with Crippen LogP contribution in [0, 0.1) is 6.92 Å². The smallest absolute Gasteiger partial charge is 0.223 e. The van der Waals surface area contributed by atoms with Gasteiger partial charge in [-0.3, -0.25) is 0 Å². The van der Waals surface area contributed by atoms with Gasteiger partial charge in [-0.05, 0) is 52.2 Å². The standard InChI is InChI=1S/C9H9BrClN5/c1-4-2-5-7(6(10)3-4)14-9(11)16(13)8(5)15-12/h2-3H,12-13H2,1H3/b15-8-. The number of fused-ring (bicyclic) bond motifs is 1. The molecule has 0 saturated heterocycles. The van der Waals surface area contributed by atoms with E-state index in [1.165, 1.54) is 0 Å². The predicted molar refractivity (Wildman–Crippen MR) is 67.1 cm³/mol. The number of aromatic nitrogens is 2. The van der Waals surface area contributed by atoms with Crippen LogP contribution < -0.4 is 17.2 Å². The number of benzene rings is 1. The van der Waals surface area contributed by atoms with Crippen molar-refractivity contribution in [2.24, 2.45) is 10.9 Å². The van der Waals surface area contributed by atoms with Gasteiger partial charge in [-0.1, -0.05) is 0 Å². The van der Waals surface area contributed by atoms with Gasteiger partial charge in [0.2, 0.25) is 5.28 Å². The van der Waals surface area contributed by atoms with Crippen molar-refractivity contribution >= 4 is 38.4 Å². The molecule has 1 aromatic carbocycles. The molecule has 0 atom stereocenters. The number of nitrogens with zero attached hydrogens (tertiary/aromatic N) is 3. The van der Waals surface area contributed by atoms with Crippen LogP contribution in [0.5, 0.6) is 0 Å². The van der Waals surface area contributed by atoms with E-state index in [1.54, 1.807) is 0 Å². The largest absolute Gasteiger partial charge is 0.335 e. The Kier molecular flexibility index (Phi) is 2.77. The molecule has 0 amide bonds. The number of hydrogen-bond acceptors (Lipinski definition) is 4. The van der Waals surface area contributed by atoms with E-state index in [-0.39, 0.29) is 5.28 Å². The van der Waals surface area contributed by atoms with Crippen molar-refractivity contribution in [1.82, 2.24) is 9.66 Å². The molecule has 0 fully saturated rings. The van der Waals surface area contributed by atoms with Crippen LogP contribution in [0.3, 0.4) is 0 Å². The normalized spacial score (nSPS) is 12.3. The van der Waals surface area contributed by atoms with Crippen molar-refractivity contribution in [2.75, 3.05) is 5.84 Å². The third-order valence-corrected chi connectivity index (χ3v) is 3.07. The van der Waals surface area contributed by atoms with Crippen molar-refractivity contribution < 1.29 is 0 Å². The van der Waals surface area contributed by atoms with Gasteiger partial charge in [0.25, 0.3) is 0 Å². The summed E-state index contributed by atoms with van der Waals surface area (Å²) in [5, 5.41) is 4.51. The van der Waals surface area contributed by atoms with Gasteiger partial charge in [0.1, 0.15) is 0 Å². The lowest BCUT2D eigenvalue weighted by atomic mass is 10.2. The summed E-state index contributed by atoms with van der Waals surface area (Å²) in [5.74, 6) is 11.0. The fraction of sp³-hybridized carbons (Fsp3) is 0.111. The Hall–Kier alpha value is -1.27. The highest BCUT2D eigenvalue weighted by atomic mass is 79.9. The maximum absolute atomic E-state index is 5.87. The number of nitrogen functional groups attached to an aromatic ring is 1. The molecule has 4 N–H and O–H groups in total. The lowest BCUT2D eigenvalue weighted by Gasteiger charge is -2.07. The lowest BCUT2D eigenvalue weighted by Crippen LogP contribution is -2.31. The molecule has 0 saturated carbocycles. The highest BCUT2D eigenvalue weighted by Gasteiger charge is 2.09. The monoisotopic (exact) mass is 301 g/mol. The minimum Gasteiger partial charge on any atom is -0.335 e. The van der Waals surface area contributed by atoms with E-state index in [0.717, 1.165) is 20.1 Å². The van der Waals surface area contributed by atoms with Crippen molar-refractivity contribution in [2.45, 2.75) is 6.92 Å². The molecule has 0 aliphatic carbocycles. The average Bonchev–Trinajstić information content (AvgIpc) is 2.22. The van der Waals surface area contributed by atoms with Gasteiger partial charge in [-0.15, -0.1) is 0 Å². The Bertz CT molecular complexity index is 634. The third kappa shape index (κ3) is 1.64. The Morgan fingerprint density at radius 3 is 2.81 bits per heavy atom. The Labute approximate surface area is 105 Å². The van der Waals surface area contributed by atoms with Crippen LogP contribution in [0.15, 0.2) is 21.7 Å². The minimum absolute atomic E-state index is 0.126. The Morgan fingerprint density at radius 2 is 2.19 bits per heavy atom. The van der Waals surface area contributed by atoms with E-state index >= 15 is 0 Å². The van der Waals surface area contributed by atoms with Crippen molar-refractivity contribution in [3.63, 3.8) is 0 Å². The molecule has 84 valence electrons. The van der Waals surface area contributed by atoms with Crippen LogP contribution in [-0.2, 0) is 0 Å². The second-order valence-corrected chi connectivity index (χ2v) is 4.54. The fourth-order valence-corrected chi connectivity index (χ4v) is 2.34. The first-order chi connectivity index (χ1) is 7.54. The SMILES string of the molecule is Cc1cc(Br)c2nc(Cl)n(N)/c(=N\N)c2c1. The second kappa shape index (κ2) is 3.95. The Morgan fingerprint density at radius 1 is 1.50 bits per heavy atom. The molecule has 0 unspecified atom stereocenters. The molecule has 2 rings (SSSR count). The molecule has 0 radical (unpaired) electrons. The maximum Gasteiger partial charge on any atom is 0.223 e. The van der Waals surface area contributed by atoms with Crippen LogP contribution in [0.25, 0.3) is 10.9 Å². The highest BCUT2D eigenvalue weighted by molar-refractivity contribution is 9.10. The number of nitrogens with two attached hydrogens (primary N) is 2. The number of aryl methyl sites for hydroxylation is 1. The summed E-state index contributed by atoms with van der Waals surface area (Å²) in [6, 6.07) is 3.84. The zero-order valence-electron chi connectivity index (χ0n) is 8.41. The second-order valence-electron chi connectivity index (χ2n) is 3.35. The first-order valence-electron chi connectivity index (χ1n) is 4.42. The van der Waals surface area contributed by atoms with Gasteiger partial charge in [0, 0.05) is 9.86 Å². The van der Waals surface area contributed by atoms with E-state index in [0.29, 0.717) is 11.0 Å². The molecule has 1 heterocycles. The number of halogens is 2. The first kappa shape index (κ1) is 11.2. The summed E-state index contributed by atoms with van der Waals surface area (Å²) >= 11 is 9.29. The van der Waals surface area contributed by atoms with Gasteiger partial charge in [0.15, 0.2) is 5.49 Å². The first-order valence-corrected chi connectivity index (χ1v) is 5.59. The van der Waals surface area contributed by atoms with Gasteiger partial charge in [-0.25, -0.2) is 9.66 Å². The summed E-state index contributed by atoms with van der Waals surface area (Å²) in [6.07, 6.45) is 0. The summed E-state index contributed by atoms with van der Waals surface area (Å²) in [7, 11) is 0. The summed E-state index contributed by atoms with van der Waals surface area (Å²) in [6.45, 7) is 1.96. The zero-order chi connectivity index (χ0) is 11.9. The van der Waals surface area contributed by atoms with E-state index in [4.69, 9.17) is 23.3 Å². The van der Waals surface area contributed by atoms with Crippen molar-refractivity contribution in [3.05, 3.63) is 32.9 Å². The fourth-order valence-electron chi connectivity index (χ4n) is 1.51. The molecule has 1 aromatic heterocycles. The van der Waals surface area contributed by atoms with E-state index in [1.807, 2.05) is 19.1 Å². The summed E-state index contributed by atoms with van der Waals surface area (Å²) < 4.78 is 1.98. The third-order valence-electron chi connectivity index (χ3n) is 2.20. The van der Waals surface area contributed by atoms with Crippen LogP contribution in [-0.4, -0.2) is 9.66 Å². The molecular weight excluding hydrogens is 293 g/mol. The van der Waals surface area contributed by atoms with E-state index in [9.17, 15) is 0 Å². The maximum atomic E-state index is 5.87. The molecule has 16 heavy (non-hydrogen) atoms. The quantitative estimate of drug-likeness (QED) is 0.436. The highest BCUT2D eigenvalue weighted by Crippen LogP contribution is 2.22. The Balaban J connectivity index is 3.10. The van der Waals surface area contributed by atoms with Crippen LogP contribution in [0.2, 0.25) is 5.28 Å². The number of hydrogen-bond donors (Lipinski definition) is 2. The molecule has 0 aliphatic rings. The molecular formula is C9H9BrClN5. The molecule has 0 spiro atoms. The molecule has 0 aliphatic heterocycles. The van der Waals surface area contributed by atoms with Gasteiger partial charge >= 0.3 is 0 Å². The summed E-state index contributed by atoms with van der Waals surface area (Å²) in [4.78, 5) is 4.17. The van der Waals surface area contributed by atoms with Gasteiger partial charge in [-0.2, -0.15) is 5.10 Å². The van der Waals surface area contributed by atoms with Crippen LogP contribution in [0.1, 0.15) is 5.56 Å². The van der Waals surface area contributed by atoms with Gasteiger partial charge < -0.3 is 11.7 Å². The van der Waals surface area contributed by atoms with Crippen molar-refractivity contribution in [3.8, 4) is 0 Å². The zero-order valence-corrected chi connectivity index (χ0v) is 10.7. The minimum atomic E-state index is 0.126.